The Morgan fingerprint density at radius 2 is 1.75 bits per heavy atom. The van der Waals surface area contributed by atoms with E-state index < -0.39 is 0 Å². The van der Waals surface area contributed by atoms with E-state index in [9.17, 15) is 0 Å². The van der Waals surface area contributed by atoms with Gasteiger partial charge in [0.1, 0.15) is 18.5 Å². The average molecular weight is 445 g/mol. The fourth-order valence-electron chi connectivity index (χ4n) is 3.82. The summed E-state index contributed by atoms with van der Waals surface area (Å²) in [6.07, 6.45) is 6.58. The predicted molar refractivity (Wildman–Crippen MR) is 126 cm³/mol. The van der Waals surface area contributed by atoms with E-state index in [1.807, 2.05) is 30.3 Å². The molecule has 0 saturated carbocycles. The minimum atomic E-state index is -0.227. The second-order valence-electron chi connectivity index (χ2n) is 8.48. The number of halogens is 1. The van der Waals surface area contributed by atoms with Gasteiger partial charge >= 0.3 is 0 Å². The topological polar surface area (TPSA) is 100 Å². The molecule has 2 N–H and O–H groups in total. The molecule has 3 heterocycles. The fraction of sp³-hybridized carbons (Fsp3) is 0.174. The number of aromatic nitrogens is 7. The number of anilines is 1. The first-order valence-electron chi connectivity index (χ1n) is 10.1. The molecule has 32 heavy (non-hydrogen) atoms. The van der Waals surface area contributed by atoms with Gasteiger partial charge in [-0.3, -0.25) is 0 Å². The third-order valence-electron chi connectivity index (χ3n) is 5.20. The lowest BCUT2D eigenvalue weighted by Gasteiger charge is -2.25. The van der Waals surface area contributed by atoms with E-state index in [4.69, 9.17) is 22.3 Å². The van der Waals surface area contributed by atoms with Gasteiger partial charge in [-0.2, -0.15) is 5.10 Å². The van der Waals surface area contributed by atoms with Crippen molar-refractivity contribution in [2.24, 2.45) is 0 Å². The van der Waals surface area contributed by atoms with Crippen LogP contribution in [0.25, 0.3) is 39.2 Å². The number of hydrogen-bond donors (Lipinski definition) is 1. The molecule has 0 bridgehead atoms. The monoisotopic (exact) mass is 444 g/mol. The second kappa shape index (κ2) is 7.42. The van der Waals surface area contributed by atoms with Gasteiger partial charge in [-0.1, -0.05) is 17.7 Å². The number of nitrogens with zero attached hydrogens (tertiary/aromatic N) is 7. The van der Waals surface area contributed by atoms with Crippen LogP contribution in [-0.2, 0) is 5.54 Å². The maximum atomic E-state index is 6.32. The summed E-state index contributed by atoms with van der Waals surface area (Å²) >= 11 is 6.32. The Labute approximate surface area is 189 Å². The van der Waals surface area contributed by atoms with Gasteiger partial charge in [0.2, 0.25) is 5.95 Å². The molecule has 0 aliphatic carbocycles. The number of rotatable bonds is 3. The molecule has 0 fully saturated rings. The summed E-state index contributed by atoms with van der Waals surface area (Å²) in [5, 5.41) is 4.92. The molecule has 9 heteroatoms. The molecule has 0 saturated heterocycles. The summed E-state index contributed by atoms with van der Waals surface area (Å²) in [6, 6.07) is 11.9. The Hall–Kier alpha value is -3.78. The van der Waals surface area contributed by atoms with Gasteiger partial charge in [-0.15, -0.1) is 0 Å². The molecule has 0 atom stereocenters. The number of imidazole rings is 1. The molecule has 0 amide bonds. The van der Waals surface area contributed by atoms with Crippen molar-refractivity contribution in [2.45, 2.75) is 26.3 Å². The van der Waals surface area contributed by atoms with Gasteiger partial charge < -0.3 is 10.3 Å². The number of nitrogen functional groups attached to an aromatic ring is 1. The third kappa shape index (κ3) is 3.48. The normalized spacial score (nSPS) is 11.9. The number of benzene rings is 2. The van der Waals surface area contributed by atoms with Gasteiger partial charge in [-0.05, 0) is 56.7 Å². The lowest BCUT2D eigenvalue weighted by Crippen LogP contribution is -2.23. The van der Waals surface area contributed by atoms with Crippen LogP contribution < -0.4 is 5.73 Å². The van der Waals surface area contributed by atoms with Crippen molar-refractivity contribution < 1.29 is 0 Å². The molecule has 5 aromatic rings. The largest absolute Gasteiger partial charge is 0.368 e. The lowest BCUT2D eigenvalue weighted by atomic mass is 10.1. The Kier molecular flexibility index (Phi) is 4.67. The van der Waals surface area contributed by atoms with E-state index in [-0.39, 0.29) is 11.5 Å². The zero-order valence-corrected chi connectivity index (χ0v) is 18.6. The Balaban J connectivity index is 1.76. The van der Waals surface area contributed by atoms with Crippen LogP contribution in [-0.4, -0.2) is 34.3 Å². The molecule has 0 aliphatic heterocycles. The van der Waals surface area contributed by atoms with Crippen LogP contribution in [0.5, 0.6) is 0 Å². The Bertz CT molecular complexity index is 1410. The molecule has 0 radical (unpaired) electrons. The van der Waals surface area contributed by atoms with E-state index >= 15 is 0 Å². The smallest absolute Gasteiger partial charge is 0.219 e. The molecule has 160 valence electrons. The van der Waals surface area contributed by atoms with Crippen molar-refractivity contribution in [2.75, 3.05) is 5.73 Å². The lowest BCUT2D eigenvalue weighted by molar-refractivity contribution is 0.413. The minimum Gasteiger partial charge on any atom is -0.368 e. The van der Waals surface area contributed by atoms with Crippen molar-refractivity contribution in [1.82, 2.24) is 34.3 Å². The van der Waals surface area contributed by atoms with Crippen molar-refractivity contribution in [3.63, 3.8) is 0 Å². The first kappa shape index (κ1) is 20.1. The highest BCUT2D eigenvalue weighted by molar-refractivity contribution is 6.30. The molecule has 0 aliphatic rings. The second-order valence-corrected chi connectivity index (χ2v) is 8.91. The molecule has 0 unspecified atom stereocenters. The predicted octanol–water partition coefficient (Wildman–Crippen LogP) is 4.73. The van der Waals surface area contributed by atoms with Gasteiger partial charge in [0.15, 0.2) is 0 Å². The fourth-order valence-corrected chi connectivity index (χ4v) is 3.99. The standard InChI is InChI=1S/C23H21ClN8/c1-23(2,3)32-19-7-4-14(15-10-27-22(25)28-11-15)8-18(19)30-21(32)17-6-5-16(24)9-20(17)31-13-26-12-29-31/h4-13H,1-3H3,(H2,25,27,28). The maximum Gasteiger partial charge on any atom is 0.219 e. The molecule has 5 rings (SSSR count). The van der Waals surface area contributed by atoms with Crippen LogP contribution in [0, 0.1) is 0 Å². The van der Waals surface area contributed by atoms with Crippen LogP contribution in [0.15, 0.2) is 61.4 Å². The zero-order chi connectivity index (χ0) is 22.5. The summed E-state index contributed by atoms with van der Waals surface area (Å²) in [5.74, 6) is 1.07. The summed E-state index contributed by atoms with van der Waals surface area (Å²) < 4.78 is 3.93. The zero-order valence-electron chi connectivity index (χ0n) is 17.9. The molecular formula is C23H21ClN8. The van der Waals surface area contributed by atoms with Crippen molar-refractivity contribution >= 4 is 28.6 Å². The number of fused-ring (bicyclic) bond motifs is 1. The minimum absolute atomic E-state index is 0.227. The quantitative estimate of drug-likeness (QED) is 0.431. The summed E-state index contributed by atoms with van der Waals surface area (Å²) in [4.78, 5) is 17.3. The highest BCUT2D eigenvalue weighted by atomic mass is 35.5. The van der Waals surface area contributed by atoms with Crippen molar-refractivity contribution in [3.05, 3.63) is 66.5 Å². The number of nitrogens with two attached hydrogens (primary N) is 1. The van der Waals surface area contributed by atoms with Crippen molar-refractivity contribution in [1.29, 1.82) is 0 Å². The highest BCUT2D eigenvalue weighted by Gasteiger charge is 2.25. The maximum absolute atomic E-state index is 6.32. The molecule has 8 nitrogen and oxygen atoms in total. The first-order valence-corrected chi connectivity index (χ1v) is 10.4. The van der Waals surface area contributed by atoms with Crippen LogP contribution in [0.3, 0.4) is 0 Å². The van der Waals surface area contributed by atoms with E-state index in [0.29, 0.717) is 5.02 Å². The van der Waals surface area contributed by atoms with Crippen LogP contribution >= 0.6 is 11.6 Å². The van der Waals surface area contributed by atoms with Crippen molar-refractivity contribution in [3.8, 4) is 28.2 Å². The van der Waals surface area contributed by atoms with Crippen LogP contribution in [0.2, 0.25) is 5.02 Å². The highest BCUT2D eigenvalue weighted by Crippen LogP contribution is 2.36. The first-order chi connectivity index (χ1) is 15.3. The molecule has 2 aromatic carbocycles. The number of hydrogen-bond acceptors (Lipinski definition) is 6. The summed E-state index contributed by atoms with van der Waals surface area (Å²) in [7, 11) is 0. The van der Waals surface area contributed by atoms with Gasteiger partial charge in [0, 0.05) is 34.1 Å². The van der Waals surface area contributed by atoms with E-state index in [0.717, 1.165) is 39.2 Å². The summed E-state index contributed by atoms with van der Waals surface area (Å²) in [6.45, 7) is 6.47. The third-order valence-corrected chi connectivity index (χ3v) is 5.43. The molecule has 3 aromatic heterocycles. The molecular weight excluding hydrogens is 424 g/mol. The van der Waals surface area contributed by atoms with Gasteiger partial charge in [-0.25, -0.2) is 24.6 Å². The molecule has 0 spiro atoms. The average Bonchev–Trinajstić information content (AvgIpc) is 3.41. The van der Waals surface area contributed by atoms with E-state index in [2.05, 4.69) is 51.5 Å². The van der Waals surface area contributed by atoms with Gasteiger partial charge in [0.25, 0.3) is 0 Å². The van der Waals surface area contributed by atoms with E-state index in [1.165, 1.54) is 6.33 Å². The van der Waals surface area contributed by atoms with E-state index in [1.54, 1.807) is 23.4 Å². The Morgan fingerprint density at radius 3 is 2.44 bits per heavy atom. The summed E-state index contributed by atoms with van der Waals surface area (Å²) in [5.41, 5.74) is 10.9. The van der Waals surface area contributed by atoms with Gasteiger partial charge in [0.05, 0.1) is 16.7 Å². The van der Waals surface area contributed by atoms with Crippen LogP contribution in [0.4, 0.5) is 5.95 Å². The Morgan fingerprint density at radius 1 is 0.969 bits per heavy atom. The SMILES string of the molecule is CC(C)(C)n1c(-c2ccc(Cl)cc2-n2cncn2)nc2cc(-c3cnc(N)nc3)ccc21. The van der Waals surface area contributed by atoms with Crippen LogP contribution in [0.1, 0.15) is 20.8 Å².